The van der Waals surface area contributed by atoms with Gasteiger partial charge in [0, 0.05) is 18.8 Å². The predicted octanol–water partition coefficient (Wildman–Crippen LogP) is 1.77. The molecule has 0 bridgehead atoms. The lowest BCUT2D eigenvalue weighted by Gasteiger charge is -2.04. The first-order valence-corrected chi connectivity index (χ1v) is 6.01. The van der Waals surface area contributed by atoms with Gasteiger partial charge in [-0.1, -0.05) is 17.7 Å². The van der Waals surface area contributed by atoms with Gasteiger partial charge in [0.05, 0.1) is 12.8 Å². The molecule has 0 unspecified atom stereocenters. The number of aryl methyl sites for hydroxylation is 2. The summed E-state index contributed by atoms with van der Waals surface area (Å²) in [4.78, 5) is 23.7. The molecule has 104 valence electrons. The normalized spacial score (nSPS) is 10.2. The smallest absolute Gasteiger partial charge is 0.360 e. The van der Waals surface area contributed by atoms with E-state index in [1.54, 1.807) is 25.4 Å². The van der Waals surface area contributed by atoms with E-state index in [1.807, 2.05) is 19.1 Å². The maximum Gasteiger partial charge on any atom is 0.360 e. The number of carbonyl (C=O) groups is 2. The van der Waals surface area contributed by atoms with Crippen molar-refractivity contribution in [3.8, 4) is 0 Å². The van der Waals surface area contributed by atoms with E-state index in [9.17, 15) is 9.59 Å². The molecule has 2 aromatic rings. The van der Waals surface area contributed by atoms with Crippen LogP contribution < -0.4 is 5.32 Å². The molecule has 1 aromatic carbocycles. The molecular weight excluding hydrogens is 258 g/mol. The summed E-state index contributed by atoms with van der Waals surface area (Å²) in [5, 5.41) is 6.63. The standard InChI is InChI=1S/C14H15N3O3/c1-9-4-6-10(7-5-9)13(18)15-11-8-17(2)16-12(11)14(19)20-3/h4-8H,1-3H3,(H,15,18). The average molecular weight is 273 g/mol. The number of ether oxygens (including phenoxy) is 1. The summed E-state index contributed by atoms with van der Waals surface area (Å²) in [6.45, 7) is 1.94. The van der Waals surface area contributed by atoms with Crippen molar-refractivity contribution in [1.29, 1.82) is 0 Å². The van der Waals surface area contributed by atoms with Crippen LogP contribution >= 0.6 is 0 Å². The summed E-state index contributed by atoms with van der Waals surface area (Å²) in [6, 6.07) is 7.14. The second-order valence-corrected chi connectivity index (χ2v) is 4.38. The Bertz CT molecular complexity index is 644. The van der Waals surface area contributed by atoms with Gasteiger partial charge in [-0.15, -0.1) is 0 Å². The van der Waals surface area contributed by atoms with E-state index < -0.39 is 5.97 Å². The number of amides is 1. The van der Waals surface area contributed by atoms with Crippen LogP contribution in [0, 0.1) is 6.92 Å². The first-order chi connectivity index (χ1) is 9.51. The molecule has 1 heterocycles. The molecule has 1 aromatic heterocycles. The first kappa shape index (κ1) is 13.8. The van der Waals surface area contributed by atoms with E-state index in [-0.39, 0.29) is 11.6 Å². The molecule has 6 heteroatoms. The molecular formula is C14H15N3O3. The number of esters is 1. The van der Waals surface area contributed by atoms with Crippen molar-refractivity contribution in [3.05, 3.63) is 47.3 Å². The minimum atomic E-state index is -0.593. The zero-order valence-corrected chi connectivity index (χ0v) is 11.5. The molecule has 0 atom stereocenters. The van der Waals surface area contributed by atoms with Crippen LogP contribution in [0.2, 0.25) is 0 Å². The van der Waals surface area contributed by atoms with Gasteiger partial charge in [-0.2, -0.15) is 5.10 Å². The molecule has 0 radical (unpaired) electrons. The van der Waals surface area contributed by atoms with Crippen molar-refractivity contribution in [2.45, 2.75) is 6.92 Å². The molecule has 0 aliphatic rings. The van der Waals surface area contributed by atoms with Gasteiger partial charge in [0.25, 0.3) is 5.91 Å². The Hall–Kier alpha value is -2.63. The first-order valence-electron chi connectivity index (χ1n) is 6.01. The van der Waals surface area contributed by atoms with Crippen molar-refractivity contribution in [2.24, 2.45) is 7.05 Å². The Labute approximate surface area is 116 Å². The highest BCUT2D eigenvalue weighted by atomic mass is 16.5. The number of aromatic nitrogens is 2. The lowest BCUT2D eigenvalue weighted by Crippen LogP contribution is -2.14. The van der Waals surface area contributed by atoms with Crippen LogP contribution in [0.3, 0.4) is 0 Å². The molecule has 1 N–H and O–H groups in total. The Morgan fingerprint density at radius 3 is 2.50 bits per heavy atom. The van der Waals surface area contributed by atoms with Gasteiger partial charge < -0.3 is 10.1 Å². The van der Waals surface area contributed by atoms with Crippen molar-refractivity contribution in [2.75, 3.05) is 12.4 Å². The van der Waals surface area contributed by atoms with Crippen molar-refractivity contribution in [1.82, 2.24) is 9.78 Å². The number of hydrogen-bond acceptors (Lipinski definition) is 4. The van der Waals surface area contributed by atoms with Crippen LogP contribution in [0.15, 0.2) is 30.5 Å². The van der Waals surface area contributed by atoms with Gasteiger partial charge in [0.2, 0.25) is 0 Å². The molecule has 0 saturated carbocycles. The third-order valence-electron chi connectivity index (χ3n) is 2.77. The topological polar surface area (TPSA) is 73.2 Å². The molecule has 0 aliphatic heterocycles. The van der Waals surface area contributed by atoms with Gasteiger partial charge >= 0.3 is 5.97 Å². The molecule has 1 amide bonds. The largest absolute Gasteiger partial charge is 0.464 e. The van der Waals surface area contributed by atoms with E-state index in [0.717, 1.165) is 5.56 Å². The fourth-order valence-electron chi connectivity index (χ4n) is 1.73. The minimum Gasteiger partial charge on any atom is -0.464 e. The van der Waals surface area contributed by atoms with Gasteiger partial charge in [-0.05, 0) is 19.1 Å². The summed E-state index contributed by atoms with van der Waals surface area (Å²) in [5.74, 6) is -0.895. The molecule has 2 rings (SSSR count). The van der Waals surface area contributed by atoms with E-state index in [2.05, 4.69) is 15.2 Å². The second-order valence-electron chi connectivity index (χ2n) is 4.38. The van der Waals surface area contributed by atoms with Crippen molar-refractivity contribution < 1.29 is 14.3 Å². The molecule has 6 nitrogen and oxygen atoms in total. The Kier molecular flexibility index (Phi) is 3.84. The number of rotatable bonds is 3. The van der Waals surface area contributed by atoms with Crippen LogP contribution in [-0.2, 0) is 11.8 Å². The third kappa shape index (κ3) is 2.85. The van der Waals surface area contributed by atoms with Crippen LogP contribution in [0.1, 0.15) is 26.4 Å². The molecule has 20 heavy (non-hydrogen) atoms. The highest BCUT2D eigenvalue weighted by Crippen LogP contribution is 2.16. The second kappa shape index (κ2) is 5.56. The highest BCUT2D eigenvalue weighted by Gasteiger charge is 2.18. The van der Waals surface area contributed by atoms with Gasteiger partial charge in [0.15, 0.2) is 5.69 Å². The van der Waals surface area contributed by atoms with E-state index >= 15 is 0 Å². The summed E-state index contributed by atoms with van der Waals surface area (Å²) in [5.41, 5.74) is 1.98. The Morgan fingerprint density at radius 2 is 1.90 bits per heavy atom. The molecule has 0 fully saturated rings. The van der Waals surface area contributed by atoms with Crippen LogP contribution in [0.4, 0.5) is 5.69 Å². The Morgan fingerprint density at radius 1 is 1.25 bits per heavy atom. The van der Waals surface area contributed by atoms with E-state index in [1.165, 1.54) is 11.8 Å². The SMILES string of the molecule is COC(=O)c1nn(C)cc1NC(=O)c1ccc(C)cc1. The number of nitrogens with one attached hydrogen (secondary N) is 1. The van der Waals surface area contributed by atoms with Crippen LogP contribution in [-0.4, -0.2) is 28.8 Å². The summed E-state index contributed by atoms with van der Waals surface area (Å²) in [7, 11) is 2.93. The molecule has 0 saturated heterocycles. The number of carbonyl (C=O) groups excluding carboxylic acids is 2. The van der Waals surface area contributed by atoms with E-state index in [0.29, 0.717) is 11.3 Å². The summed E-state index contributed by atoms with van der Waals surface area (Å²) >= 11 is 0. The lowest BCUT2D eigenvalue weighted by molar-refractivity contribution is 0.0594. The summed E-state index contributed by atoms with van der Waals surface area (Å²) in [6.07, 6.45) is 1.55. The Balaban J connectivity index is 2.23. The number of hydrogen-bond donors (Lipinski definition) is 1. The van der Waals surface area contributed by atoms with Gasteiger partial charge in [-0.25, -0.2) is 4.79 Å². The van der Waals surface area contributed by atoms with Crippen LogP contribution in [0.5, 0.6) is 0 Å². The maximum absolute atomic E-state index is 12.1. The number of benzene rings is 1. The summed E-state index contributed by atoms with van der Waals surface area (Å²) < 4.78 is 6.07. The predicted molar refractivity (Wildman–Crippen MR) is 73.7 cm³/mol. The number of nitrogens with zero attached hydrogens (tertiary/aromatic N) is 2. The quantitative estimate of drug-likeness (QED) is 0.865. The zero-order chi connectivity index (χ0) is 14.7. The lowest BCUT2D eigenvalue weighted by atomic mass is 10.1. The molecule has 0 spiro atoms. The average Bonchev–Trinajstić information content (AvgIpc) is 2.79. The van der Waals surface area contributed by atoms with Crippen molar-refractivity contribution in [3.63, 3.8) is 0 Å². The minimum absolute atomic E-state index is 0.0791. The molecule has 0 aliphatic carbocycles. The maximum atomic E-state index is 12.1. The van der Waals surface area contributed by atoms with Crippen LogP contribution in [0.25, 0.3) is 0 Å². The fraction of sp³-hybridized carbons (Fsp3) is 0.214. The zero-order valence-electron chi connectivity index (χ0n) is 11.5. The van der Waals surface area contributed by atoms with Gasteiger partial charge in [0.1, 0.15) is 0 Å². The van der Waals surface area contributed by atoms with E-state index in [4.69, 9.17) is 0 Å². The monoisotopic (exact) mass is 273 g/mol. The highest BCUT2D eigenvalue weighted by molar-refractivity contribution is 6.07. The number of methoxy groups -OCH3 is 1. The number of anilines is 1. The third-order valence-corrected chi connectivity index (χ3v) is 2.77. The fourth-order valence-corrected chi connectivity index (χ4v) is 1.73. The van der Waals surface area contributed by atoms with Crippen molar-refractivity contribution >= 4 is 17.6 Å². The van der Waals surface area contributed by atoms with Gasteiger partial charge in [-0.3, -0.25) is 9.48 Å².